The fourth-order valence-corrected chi connectivity index (χ4v) is 5.29. The molecule has 1 atom stereocenters. The van der Waals surface area contributed by atoms with Crippen LogP contribution in [0.5, 0.6) is 0 Å². The molecule has 0 saturated heterocycles. The average molecular weight is 386 g/mol. The zero-order valence-corrected chi connectivity index (χ0v) is 15.6. The van der Waals surface area contributed by atoms with Crippen molar-refractivity contribution in [2.45, 2.75) is 30.2 Å². The van der Waals surface area contributed by atoms with Gasteiger partial charge in [0.25, 0.3) is 0 Å². The molecule has 2 aromatic heterocycles. The van der Waals surface area contributed by atoms with Crippen LogP contribution in [-0.4, -0.2) is 36.5 Å². The van der Waals surface area contributed by atoms with Crippen LogP contribution in [0.3, 0.4) is 0 Å². The van der Waals surface area contributed by atoms with Gasteiger partial charge in [0.05, 0.1) is 10.4 Å². The minimum atomic E-state index is -3.72. The molecule has 3 aromatic rings. The molecule has 27 heavy (non-hydrogen) atoms. The summed E-state index contributed by atoms with van der Waals surface area (Å²) in [4.78, 5) is 11.7. The summed E-state index contributed by atoms with van der Waals surface area (Å²) in [6.07, 6.45) is 4.57. The lowest BCUT2D eigenvalue weighted by Crippen LogP contribution is -2.40. The number of hydrogen-bond acceptors (Lipinski definition) is 3. The molecule has 0 bridgehead atoms. The van der Waals surface area contributed by atoms with Crippen LogP contribution < -0.4 is 0 Å². The molecule has 1 aliphatic carbocycles. The number of sulfonamides is 1. The molecule has 0 aliphatic heterocycles. The number of halogens is 1. The van der Waals surface area contributed by atoms with E-state index in [1.165, 1.54) is 16.4 Å². The molecule has 1 aliphatic rings. The molecule has 140 valence electrons. The Morgan fingerprint density at radius 1 is 1.19 bits per heavy atom. The van der Waals surface area contributed by atoms with Gasteiger partial charge in [0, 0.05) is 37.0 Å². The Labute approximate surface area is 157 Å². The van der Waals surface area contributed by atoms with Gasteiger partial charge in [0.15, 0.2) is 6.29 Å². The first-order valence-electron chi connectivity index (χ1n) is 8.73. The van der Waals surface area contributed by atoms with Gasteiger partial charge in [-0.05, 0) is 54.8 Å². The normalized spacial score (nSPS) is 17.2. The van der Waals surface area contributed by atoms with E-state index < -0.39 is 15.8 Å². The first kappa shape index (κ1) is 17.9. The Balaban J connectivity index is 1.70. The number of rotatable bonds is 4. The summed E-state index contributed by atoms with van der Waals surface area (Å²) in [5.41, 5.74) is 3.51. The van der Waals surface area contributed by atoms with E-state index in [4.69, 9.17) is 0 Å². The van der Waals surface area contributed by atoms with Gasteiger partial charge >= 0.3 is 0 Å². The Morgan fingerprint density at radius 3 is 2.63 bits per heavy atom. The number of carbonyl (C=O) groups excluding carboxylic acids is 1. The topological polar surface area (TPSA) is 58.9 Å². The zero-order valence-electron chi connectivity index (χ0n) is 14.8. The molecule has 1 aromatic carbocycles. The Morgan fingerprint density at radius 2 is 1.93 bits per heavy atom. The predicted octanol–water partition coefficient (Wildman–Crippen LogP) is 3.07. The van der Waals surface area contributed by atoms with E-state index in [1.807, 2.05) is 28.8 Å². The number of benzene rings is 1. The Bertz CT molecular complexity index is 1120. The summed E-state index contributed by atoms with van der Waals surface area (Å²) in [6, 6.07) is 10.3. The van der Waals surface area contributed by atoms with Crippen molar-refractivity contribution in [3.8, 4) is 0 Å². The fourth-order valence-electron chi connectivity index (χ4n) is 3.90. The molecule has 1 unspecified atom stereocenters. The van der Waals surface area contributed by atoms with Crippen molar-refractivity contribution in [1.29, 1.82) is 0 Å². The molecule has 0 saturated carbocycles. The molecule has 4 rings (SSSR count). The third kappa shape index (κ3) is 2.87. The maximum atomic E-state index is 13.1. The maximum Gasteiger partial charge on any atom is 0.243 e. The number of pyridine rings is 1. The van der Waals surface area contributed by atoms with E-state index in [0.717, 1.165) is 35.2 Å². The largest absolute Gasteiger partial charge is 0.320 e. The van der Waals surface area contributed by atoms with Gasteiger partial charge in [-0.1, -0.05) is 6.07 Å². The number of fused-ring (bicyclic) bond motifs is 3. The summed E-state index contributed by atoms with van der Waals surface area (Å²) >= 11 is 0. The number of carbonyl (C=O) groups is 1. The highest BCUT2D eigenvalue weighted by atomic mass is 32.2. The van der Waals surface area contributed by atoms with Crippen LogP contribution in [0.15, 0.2) is 53.6 Å². The van der Waals surface area contributed by atoms with Crippen LogP contribution in [0.4, 0.5) is 4.39 Å². The second-order valence-corrected chi connectivity index (χ2v) is 8.78. The molecule has 0 spiro atoms. The zero-order chi connectivity index (χ0) is 19.2. The summed E-state index contributed by atoms with van der Waals surface area (Å²) < 4.78 is 42.3. The minimum absolute atomic E-state index is 0.0748. The van der Waals surface area contributed by atoms with Crippen LogP contribution in [0.25, 0.3) is 5.52 Å². The van der Waals surface area contributed by atoms with Crippen molar-refractivity contribution >= 4 is 21.8 Å². The van der Waals surface area contributed by atoms with Crippen LogP contribution in [0.2, 0.25) is 0 Å². The van der Waals surface area contributed by atoms with Crippen molar-refractivity contribution in [3.05, 3.63) is 71.3 Å². The second-order valence-electron chi connectivity index (χ2n) is 6.78. The molecule has 0 N–H and O–H groups in total. The lowest BCUT2D eigenvalue weighted by Gasteiger charge is -2.31. The van der Waals surface area contributed by atoms with Crippen molar-refractivity contribution in [2.24, 2.45) is 0 Å². The SMILES string of the molecule is CN(C1CCc2c(C=O)c3ccccn3c2C1)S(=O)(=O)c1ccc(F)cc1. The van der Waals surface area contributed by atoms with Crippen molar-refractivity contribution in [1.82, 2.24) is 8.71 Å². The second kappa shape index (κ2) is 6.58. The number of likely N-dealkylation sites (N-methyl/N-ethyl adjacent to an activating group) is 1. The highest BCUT2D eigenvalue weighted by Crippen LogP contribution is 2.32. The molecule has 0 radical (unpaired) electrons. The van der Waals surface area contributed by atoms with Crippen molar-refractivity contribution in [2.75, 3.05) is 7.05 Å². The van der Waals surface area contributed by atoms with E-state index in [-0.39, 0.29) is 10.9 Å². The molecule has 2 heterocycles. The van der Waals surface area contributed by atoms with Gasteiger partial charge in [-0.25, -0.2) is 12.8 Å². The van der Waals surface area contributed by atoms with Crippen molar-refractivity contribution < 1.29 is 17.6 Å². The number of hydrogen-bond donors (Lipinski definition) is 0. The first-order valence-corrected chi connectivity index (χ1v) is 10.2. The fraction of sp³-hybridized carbons (Fsp3) is 0.250. The van der Waals surface area contributed by atoms with E-state index in [2.05, 4.69) is 0 Å². The number of aldehydes is 1. The average Bonchev–Trinajstić information content (AvgIpc) is 3.00. The Hall–Kier alpha value is -2.51. The van der Waals surface area contributed by atoms with E-state index in [9.17, 15) is 17.6 Å². The van der Waals surface area contributed by atoms with Gasteiger partial charge < -0.3 is 4.40 Å². The van der Waals surface area contributed by atoms with E-state index in [1.54, 1.807) is 7.05 Å². The molecule has 7 heteroatoms. The lowest BCUT2D eigenvalue weighted by molar-refractivity contribution is 0.112. The van der Waals surface area contributed by atoms with Gasteiger partial charge in [0.1, 0.15) is 5.82 Å². The molecule has 0 fully saturated rings. The van der Waals surface area contributed by atoms with Crippen LogP contribution in [-0.2, 0) is 22.9 Å². The summed E-state index contributed by atoms with van der Waals surface area (Å²) in [6.45, 7) is 0. The molecule has 0 amide bonds. The van der Waals surface area contributed by atoms with Crippen LogP contribution in [0, 0.1) is 5.82 Å². The monoisotopic (exact) mass is 386 g/mol. The molecular weight excluding hydrogens is 367 g/mol. The standard InChI is InChI=1S/C20H19FN2O3S/c1-22(27(25,26)16-8-5-14(21)6-9-16)15-7-10-17-18(13-24)19-4-2-3-11-23(19)20(17)12-15/h2-6,8-9,11,13,15H,7,10,12H2,1H3. The quantitative estimate of drug-likeness (QED) is 0.648. The predicted molar refractivity (Wildman–Crippen MR) is 99.9 cm³/mol. The number of aromatic nitrogens is 1. The van der Waals surface area contributed by atoms with E-state index in [0.29, 0.717) is 24.8 Å². The highest BCUT2D eigenvalue weighted by Gasteiger charge is 2.33. The molecular formula is C20H19FN2O3S. The van der Waals surface area contributed by atoms with E-state index >= 15 is 0 Å². The van der Waals surface area contributed by atoms with Crippen LogP contribution in [0.1, 0.15) is 28.0 Å². The minimum Gasteiger partial charge on any atom is -0.320 e. The summed E-state index contributed by atoms with van der Waals surface area (Å²) in [5, 5.41) is 0. The maximum absolute atomic E-state index is 13.1. The summed E-state index contributed by atoms with van der Waals surface area (Å²) in [7, 11) is -2.16. The third-order valence-electron chi connectivity index (χ3n) is 5.38. The number of nitrogens with zero attached hydrogens (tertiary/aromatic N) is 2. The molecule has 5 nitrogen and oxygen atoms in total. The van der Waals surface area contributed by atoms with Gasteiger partial charge in [-0.15, -0.1) is 0 Å². The smallest absolute Gasteiger partial charge is 0.243 e. The first-order chi connectivity index (χ1) is 12.9. The third-order valence-corrected chi connectivity index (χ3v) is 7.30. The van der Waals surface area contributed by atoms with Gasteiger partial charge in [-0.3, -0.25) is 4.79 Å². The summed E-state index contributed by atoms with van der Waals surface area (Å²) in [5.74, 6) is -0.472. The highest BCUT2D eigenvalue weighted by molar-refractivity contribution is 7.89. The van der Waals surface area contributed by atoms with Gasteiger partial charge in [0.2, 0.25) is 10.0 Å². The van der Waals surface area contributed by atoms with Gasteiger partial charge in [-0.2, -0.15) is 4.31 Å². The Kier molecular flexibility index (Phi) is 4.36. The lowest BCUT2D eigenvalue weighted by atomic mass is 9.91. The van der Waals surface area contributed by atoms with Crippen molar-refractivity contribution in [3.63, 3.8) is 0 Å². The van der Waals surface area contributed by atoms with Crippen LogP contribution >= 0.6 is 0 Å².